The van der Waals surface area contributed by atoms with Crippen molar-refractivity contribution in [1.29, 1.82) is 0 Å². The van der Waals surface area contributed by atoms with Crippen LogP contribution >= 0.6 is 15.9 Å². The summed E-state index contributed by atoms with van der Waals surface area (Å²) in [6.07, 6.45) is 3.95. The third-order valence-electron chi connectivity index (χ3n) is 5.45. The number of hydrogen-bond donors (Lipinski definition) is 0. The molecule has 1 aliphatic heterocycles. The van der Waals surface area contributed by atoms with Gasteiger partial charge in [-0.05, 0) is 52.1 Å². The number of rotatable bonds is 4. The van der Waals surface area contributed by atoms with Crippen LogP contribution < -0.4 is 9.47 Å². The first-order valence-corrected chi connectivity index (χ1v) is 9.19. The fraction of sp³-hybridized carbons (Fsp3) is 0.684. The largest absolute Gasteiger partial charge is 0.496 e. The number of hydrogen-bond acceptors (Lipinski definition) is 3. The molecule has 1 aromatic carbocycles. The van der Waals surface area contributed by atoms with E-state index in [-0.39, 0.29) is 0 Å². The Labute approximate surface area is 148 Å². The number of fused-ring (bicyclic) bond motifs is 2. The number of benzene rings is 1. The van der Waals surface area contributed by atoms with Crippen molar-refractivity contribution in [3.63, 3.8) is 0 Å². The minimum absolute atomic E-state index is 0.455. The van der Waals surface area contributed by atoms with Crippen LogP contribution in [0.5, 0.6) is 11.5 Å². The van der Waals surface area contributed by atoms with Crippen LogP contribution in [0.15, 0.2) is 16.6 Å². The van der Waals surface area contributed by atoms with E-state index in [1.165, 1.54) is 31.4 Å². The second-order valence-corrected chi connectivity index (χ2v) is 9.27. The summed E-state index contributed by atoms with van der Waals surface area (Å²) >= 11 is 3.61. The zero-order chi connectivity index (χ0) is 16.8. The smallest absolute Gasteiger partial charge is 0.136 e. The summed E-state index contributed by atoms with van der Waals surface area (Å²) < 4.78 is 12.0. The summed E-state index contributed by atoms with van der Waals surface area (Å²) in [4.78, 5) is 2.66. The highest BCUT2D eigenvalue weighted by Gasteiger charge is 2.49. The molecular weight excluding hydrogens is 354 g/mol. The molecule has 23 heavy (non-hydrogen) atoms. The maximum absolute atomic E-state index is 5.60. The Balaban J connectivity index is 1.84. The van der Waals surface area contributed by atoms with Crippen LogP contribution in [0.1, 0.15) is 45.6 Å². The highest BCUT2D eigenvalue weighted by Crippen LogP contribution is 2.53. The Hall–Kier alpha value is -0.740. The fourth-order valence-corrected chi connectivity index (χ4v) is 5.58. The number of methoxy groups -OCH3 is 2. The van der Waals surface area contributed by atoms with Gasteiger partial charge in [-0.25, -0.2) is 0 Å². The van der Waals surface area contributed by atoms with Crippen molar-refractivity contribution in [2.75, 3.05) is 20.8 Å². The van der Waals surface area contributed by atoms with Crippen molar-refractivity contribution in [3.05, 3.63) is 22.2 Å². The van der Waals surface area contributed by atoms with Gasteiger partial charge in [-0.2, -0.15) is 0 Å². The normalized spacial score (nSPS) is 29.6. The maximum Gasteiger partial charge on any atom is 0.136 e. The fourth-order valence-electron chi connectivity index (χ4n) is 5.03. The third kappa shape index (κ3) is 3.39. The molecule has 2 bridgehead atoms. The Morgan fingerprint density at radius 2 is 1.83 bits per heavy atom. The first kappa shape index (κ1) is 17.1. The van der Waals surface area contributed by atoms with Gasteiger partial charge in [0.1, 0.15) is 11.5 Å². The molecule has 2 atom stereocenters. The molecule has 1 aromatic rings. The lowest BCUT2D eigenvalue weighted by Gasteiger charge is -2.40. The van der Waals surface area contributed by atoms with E-state index in [9.17, 15) is 0 Å². The molecule has 2 aliphatic rings. The molecule has 0 unspecified atom stereocenters. The molecule has 3 rings (SSSR count). The summed E-state index contributed by atoms with van der Waals surface area (Å²) in [6.45, 7) is 9.44. The molecule has 1 saturated heterocycles. The van der Waals surface area contributed by atoms with E-state index in [2.05, 4.69) is 47.7 Å². The monoisotopic (exact) mass is 381 g/mol. The summed E-state index contributed by atoms with van der Waals surface area (Å²) in [5, 5.41) is 0. The Morgan fingerprint density at radius 1 is 1.13 bits per heavy atom. The van der Waals surface area contributed by atoms with Gasteiger partial charge in [0.25, 0.3) is 0 Å². The topological polar surface area (TPSA) is 21.7 Å². The number of nitrogens with zero attached hydrogens (tertiary/aromatic N) is 1. The van der Waals surface area contributed by atoms with Crippen molar-refractivity contribution in [2.24, 2.45) is 10.8 Å². The molecule has 1 saturated carbocycles. The second kappa shape index (κ2) is 5.96. The van der Waals surface area contributed by atoms with E-state index in [1.54, 1.807) is 14.2 Å². The average Bonchev–Trinajstić information content (AvgIpc) is 2.67. The van der Waals surface area contributed by atoms with Crippen LogP contribution in [0, 0.1) is 10.8 Å². The van der Waals surface area contributed by atoms with Gasteiger partial charge >= 0.3 is 0 Å². The van der Waals surface area contributed by atoms with Crippen LogP contribution in [0.25, 0.3) is 0 Å². The molecule has 4 heteroatoms. The second-order valence-electron chi connectivity index (χ2n) is 8.42. The first-order chi connectivity index (χ1) is 10.8. The van der Waals surface area contributed by atoms with E-state index in [0.29, 0.717) is 16.9 Å². The molecule has 0 radical (unpaired) electrons. The third-order valence-corrected chi connectivity index (χ3v) is 6.07. The van der Waals surface area contributed by atoms with Gasteiger partial charge in [0.2, 0.25) is 0 Å². The van der Waals surface area contributed by atoms with Crippen molar-refractivity contribution < 1.29 is 9.47 Å². The van der Waals surface area contributed by atoms with Gasteiger partial charge in [0.15, 0.2) is 0 Å². The van der Waals surface area contributed by atoms with E-state index in [1.807, 2.05) is 6.07 Å². The van der Waals surface area contributed by atoms with Gasteiger partial charge in [0, 0.05) is 30.8 Å². The predicted molar refractivity (Wildman–Crippen MR) is 97.2 cm³/mol. The van der Waals surface area contributed by atoms with Crippen molar-refractivity contribution in [2.45, 2.75) is 52.6 Å². The van der Waals surface area contributed by atoms with E-state index in [0.717, 1.165) is 22.5 Å². The number of ether oxygens (including phenoxy) is 2. The number of halogens is 1. The van der Waals surface area contributed by atoms with Crippen molar-refractivity contribution in [3.8, 4) is 11.5 Å². The molecule has 1 heterocycles. The molecule has 2 fully saturated rings. The Morgan fingerprint density at radius 3 is 2.48 bits per heavy atom. The van der Waals surface area contributed by atoms with Crippen LogP contribution in [0.3, 0.4) is 0 Å². The molecule has 0 aromatic heterocycles. The zero-order valence-corrected chi connectivity index (χ0v) is 16.5. The van der Waals surface area contributed by atoms with E-state index >= 15 is 0 Å². The summed E-state index contributed by atoms with van der Waals surface area (Å²) in [5.74, 6) is 1.73. The molecule has 3 nitrogen and oxygen atoms in total. The minimum Gasteiger partial charge on any atom is -0.496 e. The van der Waals surface area contributed by atoms with E-state index in [4.69, 9.17) is 9.47 Å². The highest BCUT2D eigenvalue weighted by molar-refractivity contribution is 9.10. The van der Waals surface area contributed by atoms with Gasteiger partial charge in [0.05, 0.1) is 18.7 Å². The van der Waals surface area contributed by atoms with Crippen LogP contribution in [-0.2, 0) is 6.54 Å². The summed E-state index contributed by atoms with van der Waals surface area (Å²) in [7, 11) is 3.42. The molecule has 0 spiro atoms. The lowest BCUT2D eigenvalue weighted by Crippen LogP contribution is -2.34. The molecule has 128 valence electrons. The van der Waals surface area contributed by atoms with Crippen LogP contribution in [0.2, 0.25) is 0 Å². The van der Waals surface area contributed by atoms with Crippen molar-refractivity contribution >= 4 is 15.9 Å². The molecule has 0 N–H and O–H groups in total. The zero-order valence-electron chi connectivity index (χ0n) is 14.9. The standard InChI is InChI=1S/C19H28BrNO2/c1-18(2)8-14-9-19(3,11-18)12-21(14)10-13-6-15(20)17(23-5)7-16(13)22-4/h6-7,14H,8-12H2,1-5H3/t14-,19-/m1/s1. The molecule has 0 amide bonds. The number of likely N-dealkylation sites (tertiary alicyclic amines) is 1. The first-order valence-electron chi connectivity index (χ1n) is 8.40. The lowest BCUT2D eigenvalue weighted by atomic mass is 9.65. The maximum atomic E-state index is 5.60. The molecular formula is C19H28BrNO2. The van der Waals surface area contributed by atoms with Crippen LogP contribution in [0.4, 0.5) is 0 Å². The summed E-state index contributed by atoms with van der Waals surface area (Å²) in [5.41, 5.74) is 2.15. The van der Waals surface area contributed by atoms with E-state index < -0.39 is 0 Å². The van der Waals surface area contributed by atoms with Gasteiger partial charge in [-0.15, -0.1) is 0 Å². The van der Waals surface area contributed by atoms with Crippen molar-refractivity contribution in [1.82, 2.24) is 4.90 Å². The quantitative estimate of drug-likeness (QED) is 0.742. The van der Waals surface area contributed by atoms with Gasteiger partial charge < -0.3 is 9.47 Å². The predicted octanol–water partition coefficient (Wildman–Crippen LogP) is 4.87. The highest BCUT2D eigenvalue weighted by atomic mass is 79.9. The van der Waals surface area contributed by atoms with Gasteiger partial charge in [-0.3, -0.25) is 4.90 Å². The summed E-state index contributed by atoms with van der Waals surface area (Å²) in [6, 6.07) is 4.81. The van der Waals surface area contributed by atoms with Crippen LogP contribution in [-0.4, -0.2) is 31.7 Å². The SMILES string of the molecule is COc1cc(OC)c(CN2C[C@]3(C)C[C@H]2CC(C)(C)C3)cc1Br. The lowest BCUT2D eigenvalue weighted by molar-refractivity contribution is 0.126. The minimum atomic E-state index is 0.455. The average molecular weight is 382 g/mol. The Kier molecular flexibility index (Phi) is 4.43. The Bertz CT molecular complexity index is 601. The molecule has 1 aliphatic carbocycles. The van der Waals surface area contributed by atoms with Gasteiger partial charge in [-0.1, -0.05) is 20.8 Å².